The molecule has 1 aliphatic heterocycles. The highest BCUT2D eigenvalue weighted by Gasteiger charge is 2.26. The van der Waals surface area contributed by atoms with Crippen LogP contribution in [0, 0.1) is 0 Å². The van der Waals surface area contributed by atoms with Crippen molar-refractivity contribution in [2.24, 2.45) is 0 Å². The van der Waals surface area contributed by atoms with Gasteiger partial charge in [-0.2, -0.15) is 4.98 Å². The normalized spacial score (nSPS) is 12.2. The number of amides is 2. The average molecular weight is 479 g/mol. The first-order valence-electron chi connectivity index (χ1n) is 10.5. The molecule has 0 radical (unpaired) electrons. The van der Waals surface area contributed by atoms with Crippen LogP contribution in [0.4, 0.5) is 34.5 Å². The summed E-state index contributed by atoms with van der Waals surface area (Å²) in [6, 6.07) is 10.8. The molecule has 0 atom stereocenters. The zero-order valence-corrected chi connectivity index (χ0v) is 19.4. The highest BCUT2D eigenvalue weighted by Crippen LogP contribution is 2.34. The molecule has 3 aromatic rings. The van der Waals surface area contributed by atoms with Crippen LogP contribution in [0.25, 0.3) is 0 Å². The van der Waals surface area contributed by atoms with Crippen molar-refractivity contribution in [2.75, 3.05) is 34.5 Å². The molecule has 4 rings (SSSR count). The molecule has 0 aliphatic carbocycles. The molecular formula is C24H23ClN6O3. The highest BCUT2D eigenvalue weighted by molar-refractivity contribution is 6.33. The van der Waals surface area contributed by atoms with Crippen LogP contribution in [-0.4, -0.2) is 35.4 Å². The minimum Gasteiger partial charge on any atom is -0.497 e. The van der Waals surface area contributed by atoms with Crippen LogP contribution in [0.3, 0.4) is 0 Å². The van der Waals surface area contributed by atoms with Gasteiger partial charge in [-0.3, -0.25) is 9.59 Å². The largest absolute Gasteiger partial charge is 0.497 e. The van der Waals surface area contributed by atoms with Crippen molar-refractivity contribution in [1.29, 1.82) is 0 Å². The molecule has 1 aliphatic rings. The summed E-state index contributed by atoms with van der Waals surface area (Å²) in [6.45, 7) is 6.06. The summed E-state index contributed by atoms with van der Waals surface area (Å²) >= 11 is 6.33. The van der Waals surface area contributed by atoms with Gasteiger partial charge >= 0.3 is 0 Å². The summed E-state index contributed by atoms with van der Waals surface area (Å²) < 4.78 is 5.25. The monoisotopic (exact) mass is 478 g/mol. The lowest BCUT2D eigenvalue weighted by molar-refractivity contribution is -0.117. The Morgan fingerprint density at radius 2 is 2.06 bits per heavy atom. The molecule has 10 heteroatoms. The maximum atomic E-state index is 12.2. The lowest BCUT2D eigenvalue weighted by Crippen LogP contribution is -2.25. The lowest BCUT2D eigenvalue weighted by atomic mass is 10.1. The van der Waals surface area contributed by atoms with Crippen molar-refractivity contribution in [3.8, 4) is 5.75 Å². The van der Waals surface area contributed by atoms with Gasteiger partial charge in [-0.25, -0.2) is 4.98 Å². The van der Waals surface area contributed by atoms with Crippen LogP contribution in [0.15, 0.2) is 55.3 Å². The van der Waals surface area contributed by atoms with Gasteiger partial charge in [0, 0.05) is 24.0 Å². The molecule has 1 aromatic heterocycles. The summed E-state index contributed by atoms with van der Waals surface area (Å²) in [7, 11) is 1.54. The van der Waals surface area contributed by atoms with E-state index in [1.807, 2.05) is 25.1 Å². The van der Waals surface area contributed by atoms with E-state index >= 15 is 0 Å². The second kappa shape index (κ2) is 9.80. The number of carbonyl (C=O) groups is 2. The Balaban J connectivity index is 1.58. The number of benzene rings is 2. The van der Waals surface area contributed by atoms with E-state index in [0.29, 0.717) is 46.9 Å². The molecular weight excluding hydrogens is 456 g/mol. The van der Waals surface area contributed by atoms with Crippen LogP contribution in [0.1, 0.15) is 12.5 Å². The Labute approximate surface area is 201 Å². The second-order valence-electron chi connectivity index (χ2n) is 7.40. The topological polar surface area (TPSA) is 108 Å². The fourth-order valence-corrected chi connectivity index (χ4v) is 3.76. The number of halogens is 1. The molecule has 0 saturated carbocycles. The fourth-order valence-electron chi connectivity index (χ4n) is 3.63. The van der Waals surface area contributed by atoms with Crippen LogP contribution in [-0.2, 0) is 16.0 Å². The quantitative estimate of drug-likeness (QED) is 0.404. The van der Waals surface area contributed by atoms with Crippen LogP contribution < -0.4 is 25.6 Å². The van der Waals surface area contributed by atoms with Gasteiger partial charge in [-0.1, -0.05) is 18.2 Å². The summed E-state index contributed by atoms with van der Waals surface area (Å²) in [5, 5.41) is 9.31. The molecule has 2 heterocycles. The number of rotatable bonds is 8. The minimum absolute atomic E-state index is 0.0859. The third kappa shape index (κ3) is 4.79. The first-order valence-corrected chi connectivity index (χ1v) is 10.9. The molecule has 34 heavy (non-hydrogen) atoms. The number of methoxy groups -OCH3 is 1. The van der Waals surface area contributed by atoms with Crippen LogP contribution in [0.5, 0.6) is 5.75 Å². The standard InChI is InChI=1S/C24H23ClN6O3/c1-4-21(32)28-19-12-16(34-3)7-8-18(19)29-23-17(25)13-26-24(30-23)27-15-6-9-20-14(10-15)11-22(33)31(20)5-2/h4,6-10,12-13H,1,5,11H2,2-3H3,(H,28,32)(H2,26,27,29,30). The molecule has 3 N–H and O–H groups in total. The van der Waals surface area contributed by atoms with E-state index < -0.39 is 0 Å². The second-order valence-corrected chi connectivity index (χ2v) is 7.81. The Hall–Kier alpha value is -4.11. The van der Waals surface area contributed by atoms with Crippen molar-refractivity contribution in [3.05, 3.63) is 65.8 Å². The van der Waals surface area contributed by atoms with E-state index in [1.54, 1.807) is 23.1 Å². The smallest absolute Gasteiger partial charge is 0.247 e. The van der Waals surface area contributed by atoms with Crippen molar-refractivity contribution >= 4 is 57.9 Å². The minimum atomic E-state index is -0.371. The van der Waals surface area contributed by atoms with Gasteiger partial charge in [0.2, 0.25) is 17.8 Å². The van der Waals surface area contributed by atoms with Gasteiger partial charge < -0.3 is 25.6 Å². The summed E-state index contributed by atoms with van der Waals surface area (Å²) in [5.41, 5.74) is 3.65. The van der Waals surface area contributed by atoms with E-state index in [9.17, 15) is 9.59 Å². The van der Waals surface area contributed by atoms with Crippen LogP contribution >= 0.6 is 11.6 Å². The molecule has 0 bridgehead atoms. The van der Waals surface area contributed by atoms with Crippen molar-refractivity contribution < 1.29 is 14.3 Å². The average Bonchev–Trinajstić information content (AvgIpc) is 3.16. The zero-order valence-electron chi connectivity index (χ0n) is 18.7. The lowest BCUT2D eigenvalue weighted by Gasteiger charge is -2.16. The van der Waals surface area contributed by atoms with E-state index in [1.165, 1.54) is 19.4 Å². The van der Waals surface area contributed by atoms with Crippen molar-refractivity contribution in [3.63, 3.8) is 0 Å². The Kier molecular flexibility index (Phi) is 6.65. The predicted octanol–water partition coefficient (Wildman–Crippen LogP) is 4.66. The summed E-state index contributed by atoms with van der Waals surface area (Å²) in [6.07, 6.45) is 3.01. The fraction of sp³-hybridized carbons (Fsp3) is 0.167. The van der Waals surface area contributed by atoms with Gasteiger partial charge in [0.1, 0.15) is 10.8 Å². The summed E-state index contributed by atoms with van der Waals surface area (Å²) in [4.78, 5) is 34.5. The van der Waals surface area contributed by atoms with Gasteiger partial charge in [-0.05, 0) is 48.9 Å². The first-order chi connectivity index (χ1) is 16.4. The number of likely N-dealkylation sites (N-methyl/N-ethyl adjacent to an activating group) is 1. The van der Waals surface area contributed by atoms with Crippen molar-refractivity contribution in [1.82, 2.24) is 9.97 Å². The molecule has 2 aromatic carbocycles. The van der Waals surface area contributed by atoms with E-state index in [4.69, 9.17) is 16.3 Å². The van der Waals surface area contributed by atoms with E-state index in [-0.39, 0.29) is 11.8 Å². The molecule has 2 amide bonds. The number of nitrogens with zero attached hydrogens (tertiary/aromatic N) is 3. The number of fused-ring (bicyclic) bond motifs is 1. The van der Waals surface area contributed by atoms with Crippen molar-refractivity contribution in [2.45, 2.75) is 13.3 Å². The molecule has 0 saturated heterocycles. The Bertz CT molecular complexity index is 1280. The van der Waals surface area contributed by atoms with Crippen LogP contribution in [0.2, 0.25) is 5.02 Å². The van der Waals surface area contributed by atoms with Gasteiger partial charge in [0.15, 0.2) is 5.82 Å². The number of aromatic nitrogens is 2. The number of anilines is 6. The third-order valence-electron chi connectivity index (χ3n) is 5.25. The Morgan fingerprint density at radius 3 is 2.79 bits per heavy atom. The molecule has 0 spiro atoms. The zero-order chi connectivity index (χ0) is 24.2. The van der Waals surface area contributed by atoms with Gasteiger partial charge in [0.25, 0.3) is 0 Å². The number of hydrogen-bond donors (Lipinski definition) is 3. The third-order valence-corrected chi connectivity index (χ3v) is 5.53. The molecule has 0 unspecified atom stereocenters. The maximum Gasteiger partial charge on any atom is 0.247 e. The number of hydrogen-bond acceptors (Lipinski definition) is 7. The number of nitrogens with one attached hydrogen (secondary N) is 3. The number of ether oxygens (including phenoxy) is 1. The summed E-state index contributed by atoms with van der Waals surface area (Å²) in [5.74, 6) is 0.935. The first kappa shape index (κ1) is 23.1. The number of carbonyl (C=O) groups excluding carboxylic acids is 2. The SMILES string of the molecule is C=CC(=O)Nc1cc(OC)ccc1Nc1nc(Nc2ccc3c(c2)CC(=O)N3CC)ncc1Cl. The van der Waals surface area contributed by atoms with E-state index in [2.05, 4.69) is 32.5 Å². The molecule has 174 valence electrons. The molecule has 9 nitrogen and oxygen atoms in total. The Morgan fingerprint density at radius 1 is 1.24 bits per heavy atom. The van der Waals surface area contributed by atoms with Gasteiger partial charge in [-0.15, -0.1) is 0 Å². The predicted molar refractivity (Wildman–Crippen MR) is 134 cm³/mol. The molecule has 0 fully saturated rings. The maximum absolute atomic E-state index is 12.2. The van der Waals surface area contributed by atoms with E-state index in [0.717, 1.165) is 16.9 Å². The highest BCUT2D eigenvalue weighted by atomic mass is 35.5. The van der Waals surface area contributed by atoms with Gasteiger partial charge in [0.05, 0.1) is 31.1 Å².